The first-order valence-electron chi connectivity index (χ1n) is 6.68. The van der Waals surface area contributed by atoms with Crippen LogP contribution < -0.4 is 0 Å². The lowest BCUT2D eigenvalue weighted by Gasteiger charge is -2.07. The molecule has 3 nitrogen and oxygen atoms in total. The van der Waals surface area contributed by atoms with Gasteiger partial charge in [0.05, 0.1) is 9.99 Å². The summed E-state index contributed by atoms with van der Waals surface area (Å²) in [6.45, 7) is 4.60. The average molecular weight is 806 g/mol. The molecule has 0 radical (unpaired) electrons. The zero-order valence-electron chi connectivity index (χ0n) is 12.8. The maximum absolute atomic E-state index is 9.60. The van der Waals surface area contributed by atoms with Gasteiger partial charge in [-0.3, -0.25) is 0 Å². The number of aromatic nitrogens is 1. The van der Waals surface area contributed by atoms with E-state index >= 15 is 0 Å². The highest BCUT2D eigenvalue weighted by atomic mass is 79.9. The molecule has 10 heteroatoms. The molecule has 138 valence electrons. The van der Waals surface area contributed by atoms with Gasteiger partial charge in [-0.2, -0.15) is 0 Å². The van der Waals surface area contributed by atoms with Crippen molar-refractivity contribution < 1.29 is 9.90 Å². The Bertz CT molecular complexity index is 1060. The third kappa shape index (κ3) is 4.36. The number of hydrogen-bond acceptors (Lipinski definition) is 1. The van der Waals surface area contributed by atoms with Crippen molar-refractivity contribution >= 4 is 139 Å². The Balaban J connectivity index is 0.000000352. The zero-order valence-corrected chi connectivity index (χ0v) is 23.9. The normalized spacial score (nSPS) is 10.8. The SMILES string of the molecule is Brc1cc2[nH]c3c(Br)c(Br)c(Br)c(Br)c3c2c(Br)c1Br.C=C(C)C(=O)O. The zero-order chi connectivity index (χ0) is 19.9. The van der Waals surface area contributed by atoms with Gasteiger partial charge in [-0.15, -0.1) is 0 Å². The van der Waals surface area contributed by atoms with Crippen LogP contribution in [0.5, 0.6) is 0 Å². The molecule has 0 aliphatic heterocycles. The summed E-state index contributed by atoms with van der Waals surface area (Å²) in [5.41, 5.74) is 2.26. The highest BCUT2D eigenvalue weighted by molar-refractivity contribution is 9.15. The second kappa shape index (κ2) is 9.09. The minimum atomic E-state index is -0.935. The van der Waals surface area contributed by atoms with Crippen molar-refractivity contribution in [3.63, 3.8) is 0 Å². The molecule has 0 unspecified atom stereocenters. The Morgan fingerprint density at radius 1 is 0.885 bits per heavy atom. The van der Waals surface area contributed by atoms with E-state index in [2.05, 4.69) is 129 Å². The first kappa shape index (κ1) is 23.1. The summed E-state index contributed by atoms with van der Waals surface area (Å²) < 4.78 is 6.93. The Morgan fingerprint density at radius 3 is 1.85 bits per heavy atom. The molecule has 3 aromatic rings. The van der Waals surface area contributed by atoms with Crippen LogP contribution in [0.15, 0.2) is 49.5 Å². The summed E-state index contributed by atoms with van der Waals surface area (Å²) >= 11 is 25.3. The fourth-order valence-electron chi connectivity index (χ4n) is 2.06. The van der Waals surface area contributed by atoms with Crippen LogP contribution in [0.4, 0.5) is 0 Å². The molecule has 0 aliphatic carbocycles. The topological polar surface area (TPSA) is 53.1 Å². The van der Waals surface area contributed by atoms with Crippen LogP contribution in [0.2, 0.25) is 0 Å². The standard InChI is InChI=1S/C12H2Br7N.C4H6O2/c13-2-1-3-4(7(15)6(2)14)5-8(16)9(17)10(18)11(19)12(5)20-3;1-3(2)4(5)6/h1,20H;1H2,2H3,(H,5,6). The van der Waals surface area contributed by atoms with Gasteiger partial charge in [0.15, 0.2) is 0 Å². The van der Waals surface area contributed by atoms with Crippen LogP contribution >= 0.6 is 112 Å². The molecule has 0 atom stereocenters. The smallest absolute Gasteiger partial charge is 0.330 e. The largest absolute Gasteiger partial charge is 0.478 e. The summed E-state index contributed by atoms with van der Waals surface area (Å²) in [4.78, 5) is 13.1. The van der Waals surface area contributed by atoms with E-state index < -0.39 is 5.97 Å². The number of rotatable bonds is 1. The Kier molecular flexibility index (Phi) is 8.07. The minimum Gasteiger partial charge on any atom is -0.478 e. The molecule has 3 rings (SSSR count). The van der Waals surface area contributed by atoms with Crippen molar-refractivity contribution in [3.8, 4) is 0 Å². The molecule has 0 spiro atoms. The van der Waals surface area contributed by atoms with Crippen LogP contribution in [-0.2, 0) is 4.79 Å². The van der Waals surface area contributed by atoms with Crippen LogP contribution in [0, 0.1) is 0 Å². The lowest BCUT2D eigenvalue weighted by Crippen LogP contribution is -1.92. The number of benzene rings is 2. The quantitative estimate of drug-likeness (QED) is 0.147. The van der Waals surface area contributed by atoms with Crippen molar-refractivity contribution in [2.24, 2.45) is 0 Å². The average Bonchev–Trinajstić information content (AvgIpc) is 2.96. The molecule has 0 amide bonds. The molecule has 0 saturated heterocycles. The third-order valence-corrected chi connectivity index (χ3v) is 11.4. The van der Waals surface area contributed by atoms with Gasteiger partial charge >= 0.3 is 5.97 Å². The highest BCUT2D eigenvalue weighted by Gasteiger charge is 2.20. The second-order valence-electron chi connectivity index (χ2n) is 5.13. The number of aromatic amines is 1. The number of carboxylic acid groups (broad SMARTS) is 1. The molecule has 0 fully saturated rings. The van der Waals surface area contributed by atoms with E-state index in [9.17, 15) is 4.79 Å². The van der Waals surface area contributed by atoms with E-state index in [0.717, 1.165) is 53.1 Å². The van der Waals surface area contributed by atoms with E-state index in [1.165, 1.54) is 6.92 Å². The van der Waals surface area contributed by atoms with Crippen molar-refractivity contribution in [1.82, 2.24) is 4.98 Å². The summed E-state index contributed by atoms with van der Waals surface area (Å²) in [5, 5.41) is 10.1. The fraction of sp³-hybridized carbons (Fsp3) is 0.0625. The minimum absolute atomic E-state index is 0.176. The Labute approximate surface area is 208 Å². The van der Waals surface area contributed by atoms with Crippen molar-refractivity contribution in [1.29, 1.82) is 0 Å². The summed E-state index contributed by atoms with van der Waals surface area (Å²) in [7, 11) is 0. The molecule has 2 N–H and O–H groups in total. The summed E-state index contributed by atoms with van der Waals surface area (Å²) in [6.07, 6.45) is 0. The van der Waals surface area contributed by atoms with Gasteiger partial charge in [0, 0.05) is 48.7 Å². The lowest BCUT2D eigenvalue weighted by molar-refractivity contribution is -0.132. The monoisotopic (exact) mass is 798 g/mol. The maximum atomic E-state index is 9.60. The number of carbonyl (C=O) groups is 1. The van der Waals surface area contributed by atoms with Crippen LogP contribution in [-0.4, -0.2) is 16.1 Å². The second-order valence-corrected chi connectivity index (χ2v) is 10.7. The Morgan fingerprint density at radius 2 is 1.35 bits per heavy atom. The van der Waals surface area contributed by atoms with Gasteiger partial charge < -0.3 is 10.1 Å². The Hall–Kier alpha value is 0.810. The summed E-state index contributed by atoms with van der Waals surface area (Å²) in [6, 6.07) is 2.06. The summed E-state index contributed by atoms with van der Waals surface area (Å²) in [5.74, 6) is -0.935. The van der Waals surface area contributed by atoms with E-state index in [1.54, 1.807) is 0 Å². The third-order valence-electron chi connectivity index (χ3n) is 3.30. The van der Waals surface area contributed by atoms with E-state index in [-0.39, 0.29) is 5.57 Å². The van der Waals surface area contributed by atoms with E-state index in [4.69, 9.17) is 5.11 Å². The first-order valence-corrected chi connectivity index (χ1v) is 12.2. The van der Waals surface area contributed by atoms with Gasteiger partial charge in [-0.1, -0.05) is 6.58 Å². The van der Waals surface area contributed by atoms with Gasteiger partial charge in [0.25, 0.3) is 0 Å². The predicted octanol–water partition coefficient (Wildman–Crippen LogP) is 9.31. The van der Waals surface area contributed by atoms with Gasteiger partial charge in [-0.25, -0.2) is 4.79 Å². The fourth-order valence-corrected chi connectivity index (χ4v) is 6.10. The van der Waals surface area contributed by atoms with Gasteiger partial charge in [-0.05, 0) is 124 Å². The highest BCUT2D eigenvalue weighted by Crippen LogP contribution is 2.49. The predicted molar refractivity (Wildman–Crippen MR) is 132 cm³/mol. The van der Waals surface area contributed by atoms with Gasteiger partial charge in [0.1, 0.15) is 0 Å². The number of nitrogens with one attached hydrogen (secondary N) is 1. The van der Waals surface area contributed by atoms with E-state index in [0.29, 0.717) is 0 Å². The number of hydrogen-bond donors (Lipinski definition) is 2. The van der Waals surface area contributed by atoms with Crippen molar-refractivity contribution in [2.45, 2.75) is 6.92 Å². The lowest BCUT2D eigenvalue weighted by atomic mass is 10.1. The van der Waals surface area contributed by atoms with E-state index in [1.807, 2.05) is 0 Å². The molecule has 1 aromatic heterocycles. The molecule has 0 aliphatic rings. The number of halogens is 7. The van der Waals surface area contributed by atoms with Crippen LogP contribution in [0.3, 0.4) is 0 Å². The molecular weight excluding hydrogens is 798 g/mol. The molecule has 26 heavy (non-hydrogen) atoms. The molecule has 0 bridgehead atoms. The maximum Gasteiger partial charge on any atom is 0.330 e. The number of H-pyrrole nitrogens is 1. The van der Waals surface area contributed by atoms with Crippen LogP contribution in [0.1, 0.15) is 6.92 Å². The number of aliphatic carboxylic acids is 1. The number of carboxylic acids is 1. The molecule has 2 aromatic carbocycles. The number of fused-ring (bicyclic) bond motifs is 3. The van der Waals surface area contributed by atoms with Gasteiger partial charge in [0.2, 0.25) is 0 Å². The molecule has 0 saturated carbocycles. The molecular formula is C16H8Br7NO2. The molecule has 1 heterocycles. The first-order chi connectivity index (χ1) is 12.0. The van der Waals surface area contributed by atoms with Crippen LogP contribution in [0.25, 0.3) is 21.8 Å². The van der Waals surface area contributed by atoms with Crippen molar-refractivity contribution in [3.05, 3.63) is 49.5 Å². The van der Waals surface area contributed by atoms with Crippen molar-refractivity contribution in [2.75, 3.05) is 0 Å².